The molecule has 0 aliphatic heterocycles. The van der Waals surface area contributed by atoms with E-state index in [2.05, 4.69) is 115 Å². The van der Waals surface area contributed by atoms with Crippen LogP contribution in [0.2, 0.25) is 0 Å². The minimum absolute atomic E-state index is 0.397. The molecular formula is C31H25N. The molecule has 32 heavy (non-hydrogen) atoms. The van der Waals surface area contributed by atoms with Crippen molar-refractivity contribution in [3.8, 4) is 0 Å². The SMILES string of the molecule is C=C/C=C\C1=Cc2ccc(Nc3ccccc3)cc2C1(c1ccccc1)c1ccccc1. The first-order chi connectivity index (χ1) is 15.8. The molecule has 1 aliphatic carbocycles. The Morgan fingerprint density at radius 3 is 1.84 bits per heavy atom. The zero-order valence-electron chi connectivity index (χ0n) is 17.9. The van der Waals surface area contributed by atoms with Gasteiger partial charge in [0.1, 0.15) is 0 Å². The summed E-state index contributed by atoms with van der Waals surface area (Å²) in [6, 6.07) is 38.6. The molecule has 0 saturated carbocycles. The normalized spacial score (nSPS) is 14.1. The van der Waals surface area contributed by atoms with Gasteiger partial charge in [-0.1, -0.05) is 110 Å². The molecule has 0 heterocycles. The third-order valence-corrected chi connectivity index (χ3v) is 6.09. The molecule has 1 nitrogen and oxygen atoms in total. The van der Waals surface area contributed by atoms with Crippen molar-refractivity contribution >= 4 is 17.5 Å². The summed E-state index contributed by atoms with van der Waals surface area (Å²) >= 11 is 0. The summed E-state index contributed by atoms with van der Waals surface area (Å²) in [4.78, 5) is 0. The largest absolute Gasteiger partial charge is 0.356 e. The standard InChI is InChI=1S/C31H25N/c1-2-3-13-27-22-24-20-21-29(32-28-18-11-6-12-19-28)23-30(24)31(27,25-14-7-4-8-15-25)26-16-9-5-10-17-26/h2-23,32H,1H2/b13-3-. The van der Waals surface area contributed by atoms with Gasteiger partial charge in [-0.05, 0) is 58.2 Å². The van der Waals surface area contributed by atoms with Crippen LogP contribution < -0.4 is 5.32 Å². The average molecular weight is 412 g/mol. The number of anilines is 2. The van der Waals surface area contributed by atoms with E-state index < -0.39 is 5.41 Å². The molecule has 1 aliphatic rings. The maximum Gasteiger partial charge on any atom is 0.0708 e. The Hall–Kier alpha value is -4.10. The van der Waals surface area contributed by atoms with E-state index in [0.29, 0.717) is 0 Å². The summed E-state index contributed by atoms with van der Waals surface area (Å²) in [5.41, 5.74) is 8.01. The predicted molar refractivity (Wildman–Crippen MR) is 136 cm³/mol. The van der Waals surface area contributed by atoms with Crippen molar-refractivity contribution in [3.63, 3.8) is 0 Å². The smallest absolute Gasteiger partial charge is 0.0708 e. The van der Waals surface area contributed by atoms with Crippen molar-refractivity contribution in [1.82, 2.24) is 0 Å². The zero-order valence-corrected chi connectivity index (χ0v) is 17.9. The fourth-order valence-corrected chi connectivity index (χ4v) is 4.74. The Labute approximate surface area is 190 Å². The second-order valence-corrected chi connectivity index (χ2v) is 7.97. The molecule has 1 N–H and O–H groups in total. The molecule has 0 bridgehead atoms. The number of rotatable bonds is 6. The first kappa shape index (κ1) is 19.8. The second-order valence-electron chi connectivity index (χ2n) is 7.97. The van der Waals surface area contributed by atoms with Crippen LogP contribution in [-0.4, -0.2) is 0 Å². The maximum absolute atomic E-state index is 3.90. The molecule has 0 atom stereocenters. The van der Waals surface area contributed by atoms with Crippen molar-refractivity contribution < 1.29 is 0 Å². The van der Waals surface area contributed by atoms with Gasteiger partial charge in [0.05, 0.1) is 5.41 Å². The van der Waals surface area contributed by atoms with Crippen LogP contribution in [-0.2, 0) is 5.41 Å². The number of hydrogen-bond donors (Lipinski definition) is 1. The van der Waals surface area contributed by atoms with Gasteiger partial charge in [0.15, 0.2) is 0 Å². The third kappa shape index (κ3) is 3.38. The van der Waals surface area contributed by atoms with Gasteiger partial charge in [-0.2, -0.15) is 0 Å². The average Bonchev–Trinajstić information content (AvgIpc) is 3.18. The van der Waals surface area contributed by atoms with Crippen LogP contribution in [0, 0.1) is 0 Å². The van der Waals surface area contributed by atoms with Crippen LogP contribution >= 0.6 is 0 Å². The predicted octanol–water partition coefficient (Wildman–Crippen LogP) is 7.90. The highest BCUT2D eigenvalue weighted by Gasteiger charge is 2.43. The Bertz CT molecular complexity index is 1240. The van der Waals surface area contributed by atoms with Crippen molar-refractivity contribution in [2.45, 2.75) is 5.41 Å². The van der Waals surface area contributed by atoms with E-state index in [-0.39, 0.29) is 0 Å². The molecule has 4 aromatic rings. The van der Waals surface area contributed by atoms with Crippen LogP contribution in [0.1, 0.15) is 22.3 Å². The lowest BCUT2D eigenvalue weighted by Gasteiger charge is -2.35. The minimum Gasteiger partial charge on any atom is -0.356 e. The molecule has 0 amide bonds. The van der Waals surface area contributed by atoms with Crippen LogP contribution in [0.3, 0.4) is 0 Å². The minimum atomic E-state index is -0.397. The van der Waals surface area contributed by atoms with Gasteiger partial charge in [0.2, 0.25) is 0 Å². The molecule has 154 valence electrons. The molecular weight excluding hydrogens is 386 g/mol. The molecule has 0 spiro atoms. The fourth-order valence-electron chi connectivity index (χ4n) is 4.74. The van der Waals surface area contributed by atoms with E-state index in [9.17, 15) is 0 Å². The van der Waals surface area contributed by atoms with Crippen molar-refractivity contribution in [3.05, 3.63) is 162 Å². The van der Waals surface area contributed by atoms with Crippen LogP contribution in [0.4, 0.5) is 11.4 Å². The van der Waals surface area contributed by atoms with Crippen LogP contribution in [0.5, 0.6) is 0 Å². The molecule has 0 radical (unpaired) electrons. The van der Waals surface area contributed by atoms with Gasteiger partial charge in [0, 0.05) is 11.4 Å². The first-order valence-corrected chi connectivity index (χ1v) is 10.9. The number of fused-ring (bicyclic) bond motifs is 1. The lowest BCUT2D eigenvalue weighted by Crippen LogP contribution is -2.29. The Morgan fingerprint density at radius 1 is 0.656 bits per heavy atom. The Kier molecular flexibility index (Phi) is 5.31. The third-order valence-electron chi connectivity index (χ3n) is 6.09. The van der Waals surface area contributed by atoms with E-state index >= 15 is 0 Å². The van der Waals surface area contributed by atoms with Gasteiger partial charge < -0.3 is 5.32 Å². The molecule has 0 aromatic heterocycles. The number of hydrogen-bond acceptors (Lipinski definition) is 1. The highest BCUT2D eigenvalue weighted by molar-refractivity contribution is 5.81. The van der Waals surface area contributed by atoms with Crippen molar-refractivity contribution in [2.75, 3.05) is 5.32 Å². The number of nitrogens with one attached hydrogen (secondary N) is 1. The zero-order chi connectivity index (χ0) is 21.8. The van der Waals surface area contributed by atoms with E-state index in [4.69, 9.17) is 0 Å². The van der Waals surface area contributed by atoms with E-state index in [1.807, 2.05) is 30.4 Å². The van der Waals surface area contributed by atoms with Gasteiger partial charge in [-0.15, -0.1) is 0 Å². The molecule has 4 aromatic carbocycles. The van der Waals surface area contributed by atoms with Gasteiger partial charge in [-0.25, -0.2) is 0 Å². The highest BCUT2D eigenvalue weighted by atomic mass is 14.9. The quantitative estimate of drug-likeness (QED) is 0.318. The highest BCUT2D eigenvalue weighted by Crippen LogP contribution is 2.52. The van der Waals surface area contributed by atoms with Gasteiger partial charge in [-0.3, -0.25) is 0 Å². The van der Waals surface area contributed by atoms with Crippen molar-refractivity contribution in [2.24, 2.45) is 0 Å². The lowest BCUT2D eigenvalue weighted by atomic mass is 9.67. The Morgan fingerprint density at radius 2 is 1.25 bits per heavy atom. The van der Waals surface area contributed by atoms with E-state index in [1.54, 1.807) is 0 Å². The number of para-hydroxylation sites is 1. The van der Waals surface area contributed by atoms with Gasteiger partial charge >= 0.3 is 0 Å². The summed E-state index contributed by atoms with van der Waals surface area (Å²) in [5, 5.41) is 3.57. The summed E-state index contributed by atoms with van der Waals surface area (Å²) in [7, 11) is 0. The van der Waals surface area contributed by atoms with Crippen molar-refractivity contribution in [1.29, 1.82) is 0 Å². The number of benzene rings is 4. The van der Waals surface area contributed by atoms with Crippen LogP contribution in [0.15, 0.2) is 140 Å². The molecule has 5 rings (SSSR count). The Balaban J connectivity index is 1.76. The lowest BCUT2D eigenvalue weighted by molar-refractivity contribution is 0.762. The summed E-state index contributed by atoms with van der Waals surface area (Å²) in [5.74, 6) is 0. The van der Waals surface area contributed by atoms with E-state index in [1.165, 1.54) is 27.8 Å². The number of allylic oxidation sites excluding steroid dienone is 4. The molecule has 1 heteroatoms. The van der Waals surface area contributed by atoms with E-state index in [0.717, 1.165) is 11.4 Å². The molecule has 0 unspecified atom stereocenters. The van der Waals surface area contributed by atoms with Crippen LogP contribution in [0.25, 0.3) is 6.08 Å². The summed E-state index contributed by atoms with van der Waals surface area (Å²) < 4.78 is 0. The summed E-state index contributed by atoms with van der Waals surface area (Å²) in [6.07, 6.45) is 8.37. The topological polar surface area (TPSA) is 12.0 Å². The maximum atomic E-state index is 3.90. The fraction of sp³-hybridized carbons (Fsp3) is 0.0323. The monoisotopic (exact) mass is 411 g/mol. The van der Waals surface area contributed by atoms with Gasteiger partial charge in [0.25, 0.3) is 0 Å². The first-order valence-electron chi connectivity index (χ1n) is 10.9. The second kappa shape index (κ2) is 8.56. The summed E-state index contributed by atoms with van der Waals surface area (Å²) in [6.45, 7) is 3.90. The molecule has 0 saturated heterocycles. The molecule has 0 fully saturated rings.